The van der Waals surface area contributed by atoms with Gasteiger partial charge in [0, 0.05) is 13.3 Å². The molecule has 0 amide bonds. The molecule has 0 aliphatic heterocycles. The molecule has 1 unspecified atom stereocenters. The van der Waals surface area contributed by atoms with Crippen LogP contribution in [0, 0.1) is 0 Å². The summed E-state index contributed by atoms with van der Waals surface area (Å²) in [5, 5.41) is 9.02. The van der Waals surface area contributed by atoms with Gasteiger partial charge < -0.3 is 9.84 Å². The normalized spacial score (nSPS) is 32.2. The second-order valence-electron chi connectivity index (χ2n) is 2.70. The van der Waals surface area contributed by atoms with E-state index < -0.39 is 0 Å². The lowest BCUT2D eigenvalue weighted by Gasteiger charge is -2.08. The predicted molar refractivity (Wildman–Crippen MR) is 35.4 cm³/mol. The van der Waals surface area contributed by atoms with Gasteiger partial charge in [0.15, 0.2) is 0 Å². The quantitative estimate of drug-likeness (QED) is 0.544. The molecule has 1 saturated carbocycles. The summed E-state index contributed by atoms with van der Waals surface area (Å²) in [6.45, 7) is 1.39. The lowest BCUT2D eigenvalue weighted by atomic mass is 10.3. The standard InChI is InChI=1S/C7H12O3/c1-5(8)10-7-3-2-6(9)4-7/h6-7,9H,2-4H2,1H3/t6?,7-/m0/s1. The van der Waals surface area contributed by atoms with Gasteiger partial charge in [-0.2, -0.15) is 0 Å². The molecule has 0 spiro atoms. The summed E-state index contributed by atoms with van der Waals surface area (Å²) in [5.41, 5.74) is 0. The highest BCUT2D eigenvalue weighted by Gasteiger charge is 2.24. The first kappa shape index (κ1) is 7.54. The molecule has 3 heteroatoms. The Morgan fingerprint density at radius 1 is 1.60 bits per heavy atom. The topological polar surface area (TPSA) is 46.5 Å². The van der Waals surface area contributed by atoms with Gasteiger partial charge in [0.2, 0.25) is 0 Å². The molecule has 0 heterocycles. The van der Waals surface area contributed by atoms with Crippen molar-refractivity contribution in [2.75, 3.05) is 0 Å². The van der Waals surface area contributed by atoms with Crippen molar-refractivity contribution in [3.05, 3.63) is 0 Å². The molecule has 0 saturated heterocycles. The number of aliphatic hydroxyl groups excluding tert-OH is 1. The summed E-state index contributed by atoms with van der Waals surface area (Å²) in [6, 6.07) is 0. The fraction of sp³-hybridized carbons (Fsp3) is 0.857. The van der Waals surface area contributed by atoms with Crippen LogP contribution in [0.3, 0.4) is 0 Å². The Morgan fingerprint density at radius 2 is 2.30 bits per heavy atom. The lowest BCUT2D eigenvalue weighted by molar-refractivity contribution is -0.146. The zero-order chi connectivity index (χ0) is 7.56. The molecule has 1 N–H and O–H groups in total. The van der Waals surface area contributed by atoms with Crippen LogP contribution in [0.15, 0.2) is 0 Å². The monoisotopic (exact) mass is 144 g/mol. The second kappa shape index (κ2) is 3.01. The predicted octanol–water partition coefficient (Wildman–Crippen LogP) is 0.463. The number of hydrogen-bond acceptors (Lipinski definition) is 3. The zero-order valence-electron chi connectivity index (χ0n) is 6.04. The van der Waals surface area contributed by atoms with Crippen molar-refractivity contribution in [2.24, 2.45) is 0 Å². The molecule has 1 aliphatic carbocycles. The van der Waals surface area contributed by atoms with E-state index in [1.54, 1.807) is 0 Å². The fourth-order valence-corrected chi connectivity index (χ4v) is 1.26. The van der Waals surface area contributed by atoms with Crippen LogP contribution in [-0.2, 0) is 9.53 Å². The molecular weight excluding hydrogens is 132 g/mol. The van der Waals surface area contributed by atoms with Crippen molar-refractivity contribution >= 4 is 5.97 Å². The van der Waals surface area contributed by atoms with Crippen LogP contribution in [-0.4, -0.2) is 23.3 Å². The van der Waals surface area contributed by atoms with Gasteiger partial charge in [0.25, 0.3) is 0 Å². The Hall–Kier alpha value is -0.570. The fourth-order valence-electron chi connectivity index (χ4n) is 1.26. The van der Waals surface area contributed by atoms with Gasteiger partial charge in [0.1, 0.15) is 6.10 Å². The summed E-state index contributed by atoms with van der Waals surface area (Å²) in [7, 11) is 0. The molecule has 0 aromatic rings. The Bertz CT molecular complexity index is 133. The SMILES string of the molecule is CC(=O)O[C@H]1CCC(O)C1. The van der Waals surface area contributed by atoms with Crippen molar-refractivity contribution in [3.63, 3.8) is 0 Å². The average Bonchev–Trinajstić information content (AvgIpc) is 2.13. The molecular formula is C7H12O3. The van der Waals surface area contributed by atoms with Crippen LogP contribution in [0.1, 0.15) is 26.2 Å². The van der Waals surface area contributed by atoms with Crippen LogP contribution < -0.4 is 0 Å². The maximum Gasteiger partial charge on any atom is 0.302 e. The highest BCUT2D eigenvalue weighted by Crippen LogP contribution is 2.21. The molecule has 1 fully saturated rings. The van der Waals surface area contributed by atoms with Crippen LogP contribution >= 0.6 is 0 Å². The summed E-state index contributed by atoms with van der Waals surface area (Å²) in [6.07, 6.45) is 1.88. The average molecular weight is 144 g/mol. The lowest BCUT2D eigenvalue weighted by Crippen LogP contribution is -2.13. The summed E-state index contributed by atoms with van der Waals surface area (Å²) >= 11 is 0. The third-order valence-corrected chi connectivity index (χ3v) is 1.69. The van der Waals surface area contributed by atoms with E-state index in [-0.39, 0.29) is 18.2 Å². The Balaban J connectivity index is 2.24. The number of ether oxygens (including phenoxy) is 1. The molecule has 0 radical (unpaired) electrons. The van der Waals surface area contributed by atoms with Crippen molar-refractivity contribution in [2.45, 2.75) is 38.4 Å². The third-order valence-electron chi connectivity index (χ3n) is 1.69. The van der Waals surface area contributed by atoms with Gasteiger partial charge in [-0.1, -0.05) is 0 Å². The Kier molecular flexibility index (Phi) is 2.27. The van der Waals surface area contributed by atoms with Gasteiger partial charge in [-0.15, -0.1) is 0 Å². The first-order valence-corrected chi connectivity index (χ1v) is 3.54. The highest BCUT2D eigenvalue weighted by molar-refractivity contribution is 5.66. The van der Waals surface area contributed by atoms with Gasteiger partial charge in [-0.3, -0.25) is 4.79 Å². The number of carbonyl (C=O) groups is 1. The summed E-state index contributed by atoms with van der Waals surface area (Å²) in [5.74, 6) is -0.251. The van der Waals surface area contributed by atoms with Crippen molar-refractivity contribution in [1.82, 2.24) is 0 Å². The van der Waals surface area contributed by atoms with Gasteiger partial charge in [0.05, 0.1) is 6.10 Å². The largest absolute Gasteiger partial charge is 0.462 e. The molecule has 0 aromatic carbocycles. The van der Waals surface area contributed by atoms with Crippen molar-refractivity contribution in [3.8, 4) is 0 Å². The van der Waals surface area contributed by atoms with Crippen LogP contribution in [0.5, 0.6) is 0 Å². The minimum Gasteiger partial charge on any atom is -0.462 e. The molecule has 58 valence electrons. The maximum absolute atomic E-state index is 10.4. The third kappa shape index (κ3) is 1.99. The van der Waals surface area contributed by atoms with E-state index in [0.29, 0.717) is 6.42 Å². The zero-order valence-corrected chi connectivity index (χ0v) is 6.04. The smallest absolute Gasteiger partial charge is 0.302 e. The Labute approximate surface area is 60.0 Å². The van der Waals surface area contributed by atoms with Crippen LogP contribution in [0.2, 0.25) is 0 Å². The van der Waals surface area contributed by atoms with E-state index in [4.69, 9.17) is 9.84 Å². The van der Waals surface area contributed by atoms with Crippen molar-refractivity contribution in [1.29, 1.82) is 0 Å². The summed E-state index contributed by atoms with van der Waals surface area (Å²) < 4.78 is 4.88. The Morgan fingerprint density at radius 3 is 2.70 bits per heavy atom. The van der Waals surface area contributed by atoms with Crippen molar-refractivity contribution < 1.29 is 14.6 Å². The first-order chi connectivity index (χ1) is 4.68. The number of esters is 1. The highest BCUT2D eigenvalue weighted by atomic mass is 16.5. The van der Waals surface area contributed by atoms with Gasteiger partial charge in [-0.25, -0.2) is 0 Å². The molecule has 3 nitrogen and oxygen atoms in total. The maximum atomic E-state index is 10.4. The van der Waals surface area contributed by atoms with E-state index >= 15 is 0 Å². The van der Waals surface area contributed by atoms with E-state index in [1.165, 1.54) is 6.92 Å². The van der Waals surface area contributed by atoms with E-state index in [0.717, 1.165) is 12.8 Å². The molecule has 0 bridgehead atoms. The van der Waals surface area contributed by atoms with Crippen LogP contribution in [0.25, 0.3) is 0 Å². The number of hydrogen-bond donors (Lipinski definition) is 1. The van der Waals surface area contributed by atoms with Gasteiger partial charge >= 0.3 is 5.97 Å². The molecule has 2 atom stereocenters. The van der Waals surface area contributed by atoms with E-state index in [2.05, 4.69) is 0 Å². The summed E-state index contributed by atoms with van der Waals surface area (Å²) in [4.78, 5) is 10.4. The van der Waals surface area contributed by atoms with E-state index in [9.17, 15) is 4.79 Å². The first-order valence-electron chi connectivity index (χ1n) is 3.54. The minimum absolute atomic E-state index is 0.0347. The number of aliphatic hydroxyl groups is 1. The molecule has 1 aliphatic rings. The van der Waals surface area contributed by atoms with Gasteiger partial charge in [-0.05, 0) is 12.8 Å². The number of rotatable bonds is 1. The molecule has 1 rings (SSSR count). The number of carbonyl (C=O) groups excluding carboxylic acids is 1. The van der Waals surface area contributed by atoms with Crippen LogP contribution in [0.4, 0.5) is 0 Å². The molecule has 0 aromatic heterocycles. The van der Waals surface area contributed by atoms with E-state index in [1.807, 2.05) is 0 Å². The second-order valence-corrected chi connectivity index (χ2v) is 2.70. The minimum atomic E-state index is -0.260. The molecule has 10 heavy (non-hydrogen) atoms.